The van der Waals surface area contributed by atoms with Crippen LogP contribution in [0.1, 0.15) is 34.6 Å². The topological polar surface area (TPSA) is 101 Å². The first-order valence-corrected chi connectivity index (χ1v) is 8.93. The summed E-state index contributed by atoms with van der Waals surface area (Å²) in [5, 5.41) is 0. The molecular weight excluding hydrogens is 347 g/mol. The fraction of sp³-hybridized carbons (Fsp3) is 0.600. The third-order valence-electron chi connectivity index (χ3n) is 4.32. The SMILES string of the molecule is CCOC(=O)CN(c1cncc(B2OC(C)(C)C(C)(C)O2)c1)S(=O)[O-]. The Morgan fingerprint density at radius 3 is 2.44 bits per heavy atom. The number of aromatic nitrogens is 1. The second-order valence-electron chi connectivity index (χ2n) is 6.62. The molecule has 0 bridgehead atoms. The number of pyridine rings is 1. The van der Waals surface area contributed by atoms with Crippen molar-refractivity contribution in [1.82, 2.24) is 4.98 Å². The molecule has 25 heavy (non-hydrogen) atoms. The molecule has 1 aromatic heterocycles. The average Bonchev–Trinajstić information content (AvgIpc) is 2.73. The second kappa shape index (κ2) is 7.41. The predicted octanol–water partition coefficient (Wildman–Crippen LogP) is 0.544. The van der Waals surface area contributed by atoms with Gasteiger partial charge >= 0.3 is 13.1 Å². The van der Waals surface area contributed by atoms with Crippen molar-refractivity contribution in [1.29, 1.82) is 0 Å². The molecule has 0 spiro atoms. The molecule has 1 aliphatic heterocycles. The van der Waals surface area contributed by atoms with Crippen LogP contribution in [0.4, 0.5) is 5.69 Å². The van der Waals surface area contributed by atoms with Crippen LogP contribution in [0.5, 0.6) is 0 Å². The number of esters is 1. The van der Waals surface area contributed by atoms with E-state index in [0.29, 0.717) is 5.46 Å². The van der Waals surface area contributed by atoms with E-state index in [1.165, 1.54) is 6.20 Å². The van der Waals surface area contributed by atoms with Gasteiger partial charge < -0.3 is 18.6 Å². The van der Waals surface area contributed by atoms with E-state index < -0.39 is 42.1 Å². The van der Waals surface area contributed by atoms with Gasteiger partial charge in [-0.1, -0.05) is 0 Å². The van der Waals surface area contributed by atoms with Gasteiger partial charge in [0.2, 0.25) is 0 Å². The summed E-state index contributed by atoms with van der Waals surface area (Å²) in [7, 11) is -0.679. The Morgan fingerprint density at radius 2 is 1.92 bits per heavy atom. The summed E-state index contributed by atoms with van der Waals surface area (Å²) < 4.78 is 40.6. The van der Waals surface area contributed by atoms with E-state index in [9.17, 15) is 13.6 Å². The minimum Gasteiger partial charge on any atom is -0.755 e. The number of nitrogens with zero attached hydrogens (tertiary/aromatic N) is 2. The Balaban J connectivity index is 2.25. The summed E-state index contributed by atoms with van der Waals surface area (Å²) in [6.07, 6.45) is 2.89. The molecule has 1 aliphatic rings. The molecule has 0 aromatic carbocycles. The van der Waals surface area contributed by atoms with E-state index in [0.717, 1.165) is 4.31 Å². The maximum absolute atomic E-state index is 11.6. The van der Waals surface area contributed by atoms with E-state index in [1.807, 2.05) is 27.7 Å². The highest BCUT2D eigenvalue weighted by atomic mass is 32.2. The maximum atomic E-state index is 11.6. The van der Waals surface area contributed by atoms with Crippen molar-refractivity contribution >= 4 is 35.5 Å². The number of anilines is 1. The van der Waals surface area contributed by atoms with Gasteiger partial charge in [-0.25, -0.2) is 0 Å². The Labute approximate surface area is 150 Å². The van der Waals surface area contributed by atoms with Crippen LogP contribution in [0.3, 0.4) is 0 Å². The van der Waals surface area contributed by atoms with E-state index in [-0.39, 0.29) is 12.3 Å². The number of carbonyl (C=O) groups excluding carboxylic acids is 1. The minimum atomic E-state index is -2.66. The number of ether oxygens (including phenoxy) is 1. The van der Waals surface area contributed by atoms with Gasteiger partial charge in [0.25, 0.3) is 0 Å². The lowest BCUT2D eigenvalue weighted by Crippen LogP contribution is -2.41. The zero-order valence-electron chi connectivity index (χ0n) is 15.0. The van der Waals surface area contributed by atoms with Crippen molar-refractivity contribution in [2.45, 2.75) is 45.8 Å². The van der Waals surface area contributed by atoms with Gasteiger partial charge in [-0.15, -0.1) is 0 Å². The standard InChI is InChI=1S/C15H23BN2O6S/c1-6-22-13(19)10-18(25(20)21)12-7-11(8-17-9-12)16-23-14(2,3)15(4,5)24-16/h7-9H,6,10H2,1-5H3,(H,20,21)/p-1. The molecule has 1 atom stereocenters. The van der Waals surface area contributed by atoms with Gasteiger partial charge in [0, 0.05) is 22.9 Å². The van der Waals surface area contributed by atoms with Crippen molar-refractivity contribution in [3.8, 4) is 0 Å². The maximum Gasteiger partial charge on any atom is 0.496 e. The lowest BCUT2D eigenvalue weighted by Gasteiger charge is -2.32. The van der Waals surface area contributed by atoms with Gasteiger partial charge in [0.05, 0.1) is 29.7 Å². The van der Waals surface area contributed by atoms with Crippen LogP contribution in [0.25, 0.3) is 0 Å². The molecule has 2 heterocycles. The Kier molecular flexibility index (Phi) is 5.88. The number of hydrogen-bond donors (Lipinski definition) is 0. The highest BCUT2D eigenvalue weighted by molar-refractivity contribution is 7.80. The Bertz CT molecular complexity index is 653. The van der Waals surface area contributed by atoms with Crippen LogP contribution in [0, 0.1) is 0 Å². The summed E-state index contributed by atoms with van der Waals surface area (Å²) in [5.74, 6) is -0.646. The predicted molar refractivity (Wildman–Crippen MR) is 92.9 cm³/mol. The lowest BCUT2D eigenvalue weighted by atomic mass is 9.80. The van der Waals surface area contributed by atoms with Crippen molar-refractivity contribution in [3.05, 3.63) is 18.5 Å². The third kappa shape index (κ3) is 4.38. The van der Waals surface area contributed by atoms with Crippen molar-refractivity contribution in [2.75, 3.05) is 17.5 Å². The molecule has 10 heteroatoms. The normalized spacial score (nSPS) is 19.5. The summed E-state index contributed by atoms with van der Waals surface area (Å²) in [6, 6.07) is 1.57. The van der Waals surface area contributed by atoms with Crippen LogP contribution >= 0.6 is 0 Å². The molecule has 0 amide bonds. The summed E-state index contributed by atoms with van der Waals surface area (Å²) in [5.41, 5.74) is -0.261. The molecular formula is C15H22BN2O6S-. The van der Waals surface area contributed by atoms with Gasteiger partial charge in [0.1, 0.15) is 6.54 Å². The molecule has 0 N–H and O–H groups in total. The quantitative estimate of drug-likeness (QED) is 0.410. The fourth-order valence-corrected chi connectivity index (χ4v) is 2.73. The van der Waals surface area contributed by atoms with Crippen molar-refractivity contribution < 1.29 is 27.6 Å². The zero-order valence-corrected chi connectivity index (χ0v) is 15.8. The highest BCUT2D eigenvalue weighted by Gasteiger charge is 2.51. The van der Waals surface area contributed by atoms with Crippen LogP contribution < -0.4 is 9.77 Å². The molecule has 8 nitrogen and oxygen atoms in total. The van der Waals surface area contributed by atoms with Crippen LogP contribution in [0.2, 0.25) is 0 Å². The van der Waals surface area contributed by atoms with E-state index in [4.69, 9.17) is 14.0 Å². The molecule has 138 valence electrons. The largest absolute Gasteiger partial charge is 0.755 e. The van der Waals surface area contributed by atoms with Gasteiger partial charge in [-0.05, 0) is 40.7 Å². The minimum absolute atomic E-state index is 0.171. The molecule has 1 aromatic rings. The molecule has 0 aliphatic carbocycles. The fourth-order valence-electron chi connectivity index (χ4n) is 2.24. The van der Waals surface area contributed by atoms with Crippen molar-refractivity contribution in [3.63, 3.8) is 0 Å². The zero-order chi connectivity index (χ0) is 18.8. The van der Waals surface area contributed by atoms with E-state index in [1.54, 1.807) is 19.2 Å². The van der Waals surface area contributed by atoms with Crippen LogP contribution in [-0.4, -0.2) is 51.2 Å². The van der Waals surface area contributed by atoms with Crippen LogP contribution in [-0.2, 0) is 30.1 Å². The Morgan fingerprint density at radius 1 is 1.32 bits per heavy atom. The molecule has 0 radical (unpaired) electrons. The molecule has 1 saturated heterocycles. The number of rotatable bonds is 6. The lowest BCUT2D eigenvalue weighted by molar-refractivity contribution is -0.141. The average molecular weight is 369 g/mol. The smallest absolute Gasteiger partial charge is 0.496 e. The monoisotopic (exact) mass is 369 g/mol. The molecule has 0 saturated carbocycles. The summed E-state index contributed by atoms with van der Waals surface area (Å²) in [6.45, 7) is 9.07. The Hall–Kier alpha value is -1.49. The number of hydrogen-bond acceptors (Lipinski definition) is 7. The van der Waals surface area contributed by atoms with Crippen molar-refractivity contribution in [2.24, 2.45) is 0 Å². The molecule has 2 rings (SSSR count). The highest BCUT2D eigenvalue weighted by Crippen LogP contribution is 2.36. The van der Waals surface area contributed by atoms with Gasteiger partial charge in [-0.2, -0.15) is 0 Å². The first kappa shape index (κ1) is 19.8. The third-order valence-corrected chi connectivity index (χ3v) is 5.02. The van der Waals surface area contributed by atoms with Gasteiger partial charge in [-0.3, -0.25) is 18.3 Å². The molecule has 1 fully saturated rings. The summed E-state index contributed by atoms with van der Waals surface area (Å²) in [4.78, 5) is 15.7. The molecule has 1 unspecified atom stereocenters. The first-order valence-electron chi connectivity index (χ1n) is 7.90. The van der Waals surface area contributed by atoms with Crippen LogP contribution in [0.15, 0.2) is 18.5 Å². The first-order chi connectivity index (χ1) is 11.6. The second-order valence-corrected chi connectivity index (χ2v) is 7.50. The summed E-state index contributed by atoms with van der Waals surface area (Å²) >= 11 is -2.66. The number of carbonyl (C=O) groups is 1. The van der Waals surface area contributed by atoms with E-state index >= 15 is 0 Å². The van der Waals surface area contributed by atoms with E-state index in [2.05, 4.69) is 4.98 Å². The van der Waals surface area contributed by atoms with Gasteiger partial charge in [0.15, 0.2) is 0 Å².